The number of halogens is 2. The maximum absolute atomic E-state index is 13.6. The molecule has 1 heterocycles. The van der Waals surface area contributed by atoms with E-state index in [0.717, 1.165) is 11.3 Å². The van der Waals surface area contributed by atoms with Crippen molar-refractivity contribution in [1.29, 1.82) is 0 Å². The maximum atomic E-state index is 13.6. The maximum Gasteiger partial charge on any atom is 0.274 e. The molecule has 0 aliphatic rings. The first-order valence-corrected chi connectivity index (χ1v) is 8.00. The normalized spacial score (nSPS) is 10.3. The third-order valence-corrected chi connectivity index (χ3v) is 3.93. The summed E-state index contributed by atoms with van der Waals surface area (Å²) in [6.07, 6.45) is 1.55. The van der Waals surface area contributed by atoms with Crippen molar-refractivity contribution in [3.8, 4) is 0 Å². The molecule has 6 heteroatoms. The molecule has 1 aromatic heterocycles. The lowest BCUT2D eigenvalue weighted by Crippen LogP contribution is -2.14. The minimum absolute atomic E-state index is 0.121. The summed E-state index contributed by atoms with van der Waals surface area (Å²) in [5, 5.41) is 6.37. The lowest BCUT2D eigenvalue weighted by molar-refractivity contribution is 0.102. The lowest BCUT2D eigenvalue weighted by atomic mass is 10.2. The molecular weight excluding hydrogens is 341 g/mol. The van der Waals surface area contributed by atoms with Crippen LogP contribution in [0.3, 0.4) is 0 Å². The molecule has 0 unspecified atom stereocenters. The monoisotopic (exact) mass is 355 g/mol. The zero-order valence-electron chi connectivity index (χ0n) is 13.2. The molecule has 3 aromatic rings. The zero-order valence-corrected chi connectivity index (χ0v) is 13.9. The number of nitrogens with zero attached hydrogens (tertiary/aromatic N) is 1. The van der Waals surface area contributed by atoms with Crippen molar-refractivity contribution in [2.75, 3.05) is 10.6 Å². The highest BCUT2D eigenvalue weighted by atomic mass is 35.5. The minimum Gasteiger partial charge on any atom is -0.380 e. The molecule has 0 saturated heterocycles. The van der Waals surface area contributed by atoms with Crippen molar-refractivity contribution in [1.82, 2.24) is 4.98 Å². The SMILES string of the molecule is O=C(Nc1ccccc1F)c1ccc(NCc2ccccc2Cl)cn1. The molecule has 0 saturated carbocycles. The number of benzene rings is 2. The number of nitrogens with one attached hydrogen (secondary N) is 2. The van der Waals surface area contributed by atoms with Crippen molar-refractivity contribution >= 4 is 28.9 Å². The molecule has 0 radical (unpaired) electrons. The molecule has 0 aliphatic heterocycles. The second-order valence-corrected chi connectivity index (χ2v) is 5.72. The Morgan fingerprint density at radius 1 is 1.04 bits per heavy atom. The fourth-order valence-corrected chi connectivity index (χ4v) is 2.42. The number of pyridine rings is 1. The molecule has 25 heavy (non-hydrogen) atoms. The molecule has 2 N–H and O–H groups in total. The van der Waals surface area contributed by atoms with Crippen LogP contribution in [-0.4, -0.2) is 10.9 Å². The summed E-state index contributed by atoms with van der Waals surface area (Å²) in [5.41, 5.74) is 2.04. The van der Waals surface area contributed by atoms with E-state index in [4.69, 9.17) is 11.6 Å². The van der Waals surface area contributed by atoms with Gasteiger partial charge in [-0.05, 0) is 35.9 Å². The van der Waals surface area contributed by atoms with Crippen LogP contribution in [-0.2, 0) is 6.54 Å². The molecule has 1 amide bonds. The van der Waals surface area contributed by atoms with Crippen LogP contribution in [0.4, 0.5) is 15.8 Å². The highest BCUT2D eigenvalue weighted by Gasteiger charge is 2.10. The van der Waals surface area contributed by atoms with Gasteiger partial charge in [0, 0.05) is 11.6 Å². The van der Waals surface area contributed by atoms with Crippen LogP contribution in [0, 0.1) is 5.82 Å². The quantitative estimate of drug-likeness (QED) is 0.695. The van der Waals surface area contributed by atoms with E-state index in [1.165, 1.54) is 12.1 Å². The van der Waals surface area contributed by atoms with Gasteiger partial charge in [0.1, 0.15) is 11.5 Å². The predicted octanol–water partition coefficient (Wildman–Crippen LogP) is 4.74. The van der Waals surface area contributed by atoms with Gasteiger partial charge in [0.25, 0.3) is 5.91 Å². The average molecular weight is 356 g/mol. The summed E-state index contributed by atoms with van der Waals surface area (Å²) in [5.74, 6) is -0.961. The van der Waals surface area contributed by atoms with Gasteiger partial charge in [-0.25, -0.2) is 9.37 Å². The number of para-hydroxylation sites is 1. The standard InChI is InChI=1S/C19H15ClFN3O/c20-15-6-2-1-5-13(15)11-22-14-9-10-18(23-12-14)19(25)24-17-8-4-3-7-16(17)21/h1-10,12,22H,11H2,(H,24,25). The highest BCUT2D eigenvalue weighted by Crippen LogP contribution is 2.17. The highest BCUT2D eigenvalue weighted by molar-refractivity contribution is 6.31. The summed E-state index contributed by atoms with van der Waals surface area (Å²) in [6.45, 7) is 0.544. The van der Waals surface area contributed by atoms with Gasteiger partial charge in [0.05, 0.1) is 17.6 Å². The van der Waals surface area contributed by atoms with Gasteiger partial charge in [-0.1, -0.05) is 41.9 Å². The Labute approximate surface area is 149 Å². The van der Waals surface area contributed by atoms with E-state index in [9.17, 15) is 9.18 Å². The molecule has 0 spiro atoms. The smallest absolute Gasteiger partial charge is 0.274 e. The lowest BCUT2D eigenvalue weighted by Gasteiger charge is -2.09. The topological polar surface area (TPSA) is 54.0 Å². The minimum atomic E-state index is -0.492. The van der Waals surface area contributed by atoms with Crippen LogP contribution in [0.1, 0.15) is 16.1 Å². The number of amides is 1. The molecule has 0 aliphatic carbocycles. The second kappa shape index (κ2) is 7.77. The summed E-state index contributed by atoms with van der Waals surface area (Å²) < 4.78 is 13.6. The summed E-state index contributed by atoms with van der Waals surface area (Å²) in [7, 11) is 0. The number of hydrogen-bond donors (Lipinski definition) is 2. The van der Waals surface area contributed by atoms with Gasteiger partial charge in [0.2, 0.25) is 0 Å². The number of anilines is 2. The van der Waals surface area contributed by atoms with Crippen molar-refractivity contribution in [2.45, 2.75) is 6.54 Å². The number of carbonyl (C=O) groups excluding carboxylic acids is 1. The van der Waals surface area contributed by atoms with Crippen LogP contribution in [0.2, 0.25) is 5.02 Å². The van der Waals surface area contributed by atoms with E-state index >= 15 is 0 Å². The van der Waals surface area contributed by atoms with Crippen LogP contribution in [0.5, 0.6) is 0 Å². The van der Waals surface area contributed by atoms with E-state index in [0.29, 0.717) is 11.6 Å². The number of carbonyl (C=O) groups is 1. The van der Waals surface area contributed by atoms with E-state index < -0.39 is 11.7 Å². The number of rotatable bonds is 5. The fourth-order valence-electron chi connectivity index (χ4n) is 2.22. The van der Waals surface area contributed by atoms with Gasteiger partial charge >= 0.3 is 0 Å². The largest absolute Gasteiger partial charge is 0.380 e. The second-order valence-electron chi connectivity index (χ2n) is 5.31. The Hall–Kier alpha value is -2.92. The Morgan fingerprint density at radius 3 is 2.52 bits per heavy atom. The third kappa shape index (κ3) is 4.33. The van der Waals surface area contributed by atoms with Crippen LogP contribution >= 0.6 is 11.6 Å². The first kappa shape index (κ1) is 16.9. The van der Waals surface area contributed by atoms with Gasteiger partial charge in [0.15, 0.2) is 0 Å². The molecule has 0 atom stereocenters. The van der Waals surface area contributed by atoms with Gasteiger partial charge in [-0.15, -0.1) is 0 Å². The number of hydrogen-bond acceptors (Lipinski definition) is 3. The molecule has 2 aromatic carbocycles. The predicted molar refractivity (Wildman–Crippen MR) is 97.4 cm³/mol. The molecule has 126 valence electrons. The molecule has 0 fully saturated rings. The first-order chi connectivity index (χ1) is 12.1. The zero-order chi connectivity index (χ0) is 17.6. The Kier molecular flexibility index (Phi) is 5.26. The Bertz CT molecular complexity index is 884. The van der Waals surface area contributed by atoms with Crippen LogP contribution in [0.15, 0.2) is 66.9 Å². The van der Waals surface area contributed by atoms with Gasteiger partial charge in [-0.3, -0.25) is 4.79 Å². The average Bonchev–Trinajstić information content (AvgIpc) is 2.63. The molecule has 0 bridgehead atoms. The molecular formula is C19H15ClFN3O. The van der Waals surface area contributed by atoms with Crippen LogP contribution < -0.4 is 10.6 Å². The summed E-state index contributed by atoms with van der Waals surface area (Å²) in [4.78, 5) is 16.2. The van der Waals surface area contributed by atoms with Crippen molar-refractivity contribution in [3.05, 3.63) is 89.0 Å². The van der Waals surface area contributed by atoms with Crippen molar-refractivity contribution in [3.63, 3.8) is 0 Å². The third-order valence-electron chi connectivity index (χ3n) is 3.56. The van der Waals surface area contributed by atoms with Crippen LogP contribution in [0.25, 0.3) is 0 Å². The fraction of sp³-hybridized carbons (Fsp3) is 0.0526. The Morgan fingerprint density at radius 2 is 1.80 bits per heavy atom. The molecule has 3 rings (SSSR count). The molecule has 4 nitrogen and oxygen atoms in total. The van der Waals surface area contributed by atoms with E-state index in [1.807, 2.05) is 24.3 Å². The number of aromatic nitrogens is 1. The summed E-state index contributed by atoms with van der Waals surface area (Å²) >= 11 is 6.11. The van der Waals surface area contributed by atoms with E-state index in [1.54, 1.807) is 30.5 Å². The summed E-state index contributed by atoms with van der Waals surface area (Å²) in [6, 6.07) is 16.8. The van der Waals surface area contributed by atoms with Crippen molar-refractivity contribution in [2.24, 2.45) is 0 Å². The van der Waals surface area contributed by atoms with Gasteiger partial charge in [-0.2, -0.15) is 0 Å². The Balaban J connectivity index is 1.63. The van der Waals surface area contributed by atoms with E-state index in [-0.39, 0.29) is 11.4 Å². The van der Waals surface area contributed by atoms with Crippen molar-refractivity contribution < 1.29 is 9.18 Å². The van der Waals surface area contributed by atoms with Gasteiger partial charge < -0.3 is 10.6 Å². The first-order valence-electron chi connectivity index (χ1n) is 7.63. The van der Waals surface area contributed by atoms with E-state index in [2.05, 4.69) is 15.6 Å².